The predicted octanol–water partition coefficient (Wildman–Crippen LogP) is 2.38. The Hall–Kier alpha value is -1.36. The van der Waals surface area contributed by atoms with Crippen molar-refractivity contribution in [2.24, 2.45) is 0 Å². The summed E-state index contributed by atoms with van der Waals surface area (Å²) in [6, 6.07) is 0. The lowest BCUT2D eigenvalue weighted by Gasteiger charge is -2.24. The second-order valence-corrected chi connectivity index (χ2v) is 6.94. The maximum atomic E-state index is 10.4. The van der Waals surface area contributed by atoms with Gasteiger partial charge in [-0.2, -0.15) is 0 Å². The molecule has 1 aliphatic carbocycles. The first kappa shape index (κ1) is 15.0. The summed E-state index contributed by atoms with van der Waals surface area (Å²) in [4.78, 5) is 8.95. The van der Waals surface area contributed by atoms with Gasteiger partial charge in [-0.05, 0) is 19.8 Å². The minimum atomic E-state index is -0.603. The maximum Gasteiger partial charge on any atom is 0.138 e. The number of nitrogen functional groups attached to an aromatic ring is 1. The van der Waals surface area contributed by atoms with Gasteiger partial charge in [0.05, 0.1) is 5.60 Å². The molecule has 1 aliphatic rings. The van der Waals surface area contributed by atoms with E-state index < -0.39 is 5.60 Å². The highest BCUT2D eigenvalue weighted by molar-refractivity contribution is 5.55. The first-order chi connectivity index (χ1) is 9.21. The van der Waals surface area contributed by atoms with Crippen LogP contribution in [0.15, 0.2) is 0 Å². The third-order valence-electron chi connectivity index (χ3n) is 3.97. The van der Waals surface area contributed by atoms with Crippen molar-refractivity contribution in [2.75, 3.05) is 17.6 Å². The number of nitrogens with zero attached hydrogens (tertiary/aromatic N) is 2. The van der Waals surface area contributed by atoms with Crippen LogP contribution < -0.4 is 11.1 Å². The van der Waals surface area contributed by atoms with E-state index in [0.717, 1.165) is 42.9 Å². The molecule has 1 heterocycles. The van der Waals surface area contributed by atoms with Gasteiger partial charge in [-0.3, -0.25) is 0 Å². The van der Waals surface area contributed by atoms with E-state index in [0.29, 0.717) is 12.4 Å². The largest absolute Gasteiger partial charge is 0.388 e. The molecule has 0 atom stereocenters. The van der Waals surface area contributed by atoms with Crippen LogP contribution in [0.25, 0.3) is 0 Å². The van der Waals surface area contributed by atoms with Crippen molar-refractivity contribution in [3.05, 3.63) is 11.4 Å². The van der Waals surface area contributed by atoms with Gasteiger partial charge in [0, 0.05) is 17.5 Å². The molecule has 112 valence electrons. The fourth-order valence-electron chi connectivity index (χ4n) is 2.50. The van der Waals surface area contributed by atoms with Gasteiger partial charge in [-0.1, -0.05) is 33.6 Å². The number of anilines is 2. The van der Waals surface area contributed by atoms with Gasteiger partial charge in [0.15, 0.2) is 0 Å². The van der Waals surface area contributed by atoms with Crippen molar-refractivity contribution in [3.63, 3.8) is 0 Å². The summed E-state index contributed by atoms with van der Waals surface area (Å²) >= 11 is 0. The van der Waals surface area contributed by atoms with Crippen molar-refractivity contribution in [3.8, 4) is 0 Å². The van der Waals surface area contributed by atoms with E-state index in [4.69, 9.17) is 5.73 Å². The van der Waals surface area contributed by atoms with E-state index in [-0.39, 0.29) is 5.41 Å². The Morgan fingerprint density at radius 2 is 1.85 bits per heavy atom. The van der Waals surface area contributed by atoms with E-state index in [1.54, 1.807) is 0 Å². The van der Waals surface area contributed by atoms with Crippen LogP contribution in [0.1, 0.15) is 57.8 Å². The minimum Gasteiger partial charge on any atom is -0.388 e. The first-order valence-electron chi connectivity index (χ1n) is 7.32. The van der Waals surface area contributed by atoms with Gasteiger partial charge < -0.3 is 16.2 Å². The lowest BCUT2D eigenvalue weighted by Crippen LogP contribution is -2.34. The Morgan fingerprint density at radius 3 is 2.40 bits per heavy atom. The quantitative estimate of drug-likeness (QED) is 0.790. The number of rotatable bonds is 3. The molecule has 0 spiro atoms. The molecule has 0 saturated heterocycles. The second-order valence-electron chi connectivity index (χ2n) is 6.94. The van der Waals surface area contributed by atoms with Crippen molar-refractivity contribution in [1.82, 2.24) is 9.97 Å². The normalized spacial score (nSPS) is 18.2. The highest BCUT2D eigenvalue weighted by atomic mass is 16.3. The highest BCUT2D eigenvalue weighted by Crippen LogP contribution is 2.30. The molecule has 1 aromatic rings. The summed E-state index contributed by atoms with van der Waals surface area (Å²) < 4.78 is 0. The summed E-state index contributed by atoms with van der Waals surface area (Å²) in [6.45, 7) is 8.61. The van der Waals surface area contributed by atoms with Crippen molar-refractivity contribution >= 4 is 11.6 Å². The molecule has 0 radical (unpaired) electrons. The Morgan fingerprint density at radius 1 is 1.25 bits per heavy atom. The number of aliphatic hydroxyl groups is 1. The Kier molecular flexibility index (Phi) is 3.91. The van der Waals surface area contributed by atoms with Gasteiger partial charge >= 0.3 is 0 Å². The predicted molar refractivity (Wildman–Crippen MR) is 81.8 cm³/mol. The standard InChI is InChI=1S/C15H26N4O/c1-10-11(16)18-13(14(2,3)4)19-12(10)17-9-15(20)7-5-6-8-15/h20H,5-9H2,1-4H3,(H3,16,17,18,19). The van der Waals surface area contributed by atoms with E-state index in [1.165, 1.54) is 0 Å². The minimum absolute atomic E-state index is 0.150. The summed E-state index contributed by atoms with van der Waals surface area (Å²) in [7, 11) is 0. The molecule has 1 fully saturated rings. The van der Waals surface area contributed by atoms with E-state index in [1.807, 2.05) is 6.92 Å². The SMILES string of the molecule is Cc1c(N)nc(C(C)(C)C)nc1NCC1(O)CCCC1. The molecular weight excluding hydrogens is 252 g/mol. The Balaban J connectivity index is 2.20. The van der Waals surface area contributed by atoms with E-state index in [9.17, 15) is 5.11 Å². The smallest absolute Gasteiger partial charge is 0.138 e. The van der Waals surface area contributed by atoms with Crippen LogP contribution in [0.3, 0.4) is 0 Å². The number of hydrogen-bond acceptors (Lipinski definition) is 5. The zero-order chi connectivity index (χ0) is 15.0. The van der Waals surface area contributed by atoms with Crippen LogP contribution in [0.2, 0.25) is 0 Å². The lowest BCUT2D eigenvalue weighted by atomic mass is 9.95. The monoisotopic (exact) mass is 278 g/mol. The van der Waals surface area contributed by atoms with Crippen LogP contribution in [-0.2, 0) is 5.41 Å². The van der Waals surface area contributed by atoms with Gasteiger partial charge in [0.25, 0.3) is 0 Å². The van der Waals surface area contributed by atoms with E-state index >= 15 is 0 Å². The van der Waals surface area contributed by atoms with Crippen LogP contribution >= 0.6 is 0 Å². The van der Waals surface area contributed by atoms with Gasteiger partial charge in [-0.15, -0.1) is 0 Å². The second kappa shape index (κ2) is 5.20. The molecule has 0 amide bonds. The highest BCUT2D eigenvalue weighted by Gasteiger charge is 2.31. The fraction of sp³-hybridized carbons (Fsp3) is 0.733. The molecule has 0 aromatic carbocycles. The van der Waals surface area contributed by atoms with Crippen LogP contribution in [0, 0.1) is 6.92 Å². The summed E-state index contributed by atoms with van der Waals surface area (Å²) in [5.41, 5.74) is 6.07. The summed E-state index contributed by atoms with van der Waals surface area (Å²) in [6.07, 6.45) is 3.89. The van der Waals surface area contributed by atoms with Crippen LogP contribution in [0.5, 0.6) is 0 Å². The van der Waals surface area contributed by atoms with Gasteiger partial charge in [-0.25, -0.2) is 9.97 Å². The van der Waals surface area contributed by atoms with Crippen molar-refractivity contribution in [1.29, 1.82) is 0 Å². The molecule has 1 saturated carbocycles. The third-order valence-corrected chi connectivity index (χ3v) is 3.97. The fourth-order valence-corrected chi connectivity index (χ4v) is 2.50. The van der Waals surface area contributed by atoms with E-state index in [2.05, 4.69) is 36.1 Å². The Bertz CT molecular complexity index is 487. The average Bonchev–Trinajstić information content (AvgIpc) is 2.77. The molecule has 5 heteroatoms. The van der Waals surface area contributed by atoms with Gasteiger partial charge in [0.2, 0.25) is 0 Å². The zero-order valence-electron chi connectivity index (χ0n) is 13.0. The molecule has 20 heavy (non-hydrogen) atoms. The molecule has 1 aromatic heterocycles. The number of aromatic nitrogens is 2. The Labute approximate surface area is 121 Å². The number of nitrogens with one attached hydrogen (secondary N) is 1. The molecule has 4 N–H and O–H groups in total. The van der Waals surface area contributed by atoms with Crippen LogP contribution in [0.4, 0.5) is 11.6 Å². The van der Waals surface area contributed by atoms with Gasteiger partial charge in [0.1, 0.15) is 17.5 Å². The van der Waals surface area contributed by atoms with Crippen molar-refractivity contribution < 1.29 is 5.11 Å². The van der Waals surface area contributed by atoms with Crippen LogP contribution in [-0.4, -0.2) is 27.2 Å². The molecule has 2 rings (SSSR count). The summed E-state index contributed by atoms with van der Waals surface area (Å²) in [5, 5.41) is 13.7. The topological polar surface area (TPSA) is 84.1 Å². The lowest BCUT2D eigenvalue weighted by molar-refractivity contribution is 0.0614. The maximum absolute atomic E-state index is 10.4. The molecule has 0 bridgehead atoms. The molecule has 0 unspecified atom stereocenters. The number of nitrogens with two attached hydrogens (primary N) is 1. The average molecular weight is 278 g/mol. The summed E-state index contributed by atoms with van der Waals surface area (Å²) in [5.74, 6) is 1.97. The first-order valence-corrected chi connectivity index (χ1v) is 7.32. The zero-order valence-corrected chi connectivity index (χ0v) is 13.0. The molecular formula is C15H26N4O. The van der Waals surface area contributed by atoms with Crippen molar-refractivity contribution in [2.45, 2.75) is 64.4 Å². The number of hydrogen-bond donors (Lipinski definition) is 3. The molecule has 0 aliphatic heterocycles. The molecule has 5 nitrogen and oxygen atoms in total. The third kappa shape index (κ3) is 3.20.